The number of hydrogen-bond donors (Lipinski definition) is 0. The van der Waals surface area contributed by atoms with Crippen LogP contribution in [0.1, 0.15) is 11.1 Å². The molecule has 56 valence electrons. The Balaban J connectivity index is 2.59. The smallest absolute Gasteiger partial charge is 0.191 e. The molecule has 0 spiro atoms. The van der Waals surface area contributed by atoms with Gasteiger partial charge in [-0.25, -0.2) is 0 Å². The van der Waals surface area contributed by atoms with Gasteiger partial charge < -0.3 is 4.74 Å². The molecule has 2 rings (SSSR count). The van der Waals surface area contributed by atoms with Crippen molar-refractivity contribution in [1.82, 2.24) is 0 Å². The minimum absolute atomic E-state index is 0.618. The zero-order valence-electron chi connectivity index (χ0n) is 5.63. The van der Waals surface area contributed by atoms with Crippen molar-refractivity contribution in [2.45, 2.75) is 6.61 Å². The lowest BCUT2D eigenvalue weighted by Gasteiger charge is -1.93. The van der Waals surface area contributed by atoms with E-state index in [4.69, 9.17) is 17.0 Å². The van der Waals surface area contributed by atoms with Crippen LogP contribution in [0.4, 0.5) is 0 Å². The molecule has 3 heteroatoms. The quantitative estimate of drug-likeness (QED) is 0.632. The summed E-state index contributed by atoms with van der Waals surface area (Å²) in [6.45, 7) is 0.619. The summed E-state index contributed by atoms with van der Waals surface area (Å²) in [5.74, 6) is 0. The molecule has 0 N–H and O–H groups in total. The third kappa shape index (κ3) is 1.19. The zero-order valence-corrected chi connectivity index (χ0v) is 8.04. The van der Waals surface area contributed by atoms with Gasteiger partial charge in [0, 0.05) is 15.6 Å². The van der Waals surface area contributed by atoms with Gasteiger partial charge in [-0.3, -0.25) is 0 Å². The Hall–Kier alpha value is -0.410. The molecule has 1 nitrogen and oxygen atoms in total. The molecule has 0 saturated carbocycles. The molecule has 0 aliphatic carbocycles. The maximum absolute atomic E-state index is 5.19. The van der Waals surface area contributed by atoms with E-state index < -0.39 is 0 Å². The van der Waals surface area contributed by atoms with E-state index in [1.165, 1.54) is 5.56 Å². The standard InChI is InChI=1S/C8H5BrOS/c9-6-1-2-7-5(3-6)4-10-8(7)11/h1-3H,4H2. The molecule has 0 saturated heterocycles. The van der Waals surface area contributed by atoms with Gasteiger partial charge in [0.2, 0.25) is 0 Å². The Morgan fingerprint density at radius 3 is 3.09 bits per heavy atom. The summed E-state index contributed by atoms with van der Waals surface area (Å²) in [7, 11) is 0. The molecule has 0 atom stereocenters. The molecule has 1 aliphatic heterocycles. The van der Waals surface area contributed by atoms with Gasteiger partial charge in [-0.1, -0.05) is 15.9 Å². The molecule has 0 unspecified atom stereocenters. The number of ether oxygens (including phenoxy) is 1. The monoisotopic (exact) mass is 228 g/mol. The molecule has 0 amide bonds. The van der Waals surface area contributed by atoms with Crippen molar-refractivity contribution in [1.29, 1.82) is 0 Å². The van der Waals surface area contributed by atoms with E-state index in [1.807, 2.05) is 18.2 Å². The van der Waals surface area contributed by atoms with Gasteiger partial charge in [-0.15, -0.1) is 0 Å². The predicted octanol–water partition coefficient (Wildman–Crippen LogP) is 2.65. The second-order valence-electron chi connectivity index (χ2n) is 2.38. The SMILES string of the molecule is S=C1OCc2cc(Br)ccc21. The highest BCUT2D eigenvalue weighted by Gasteiger charge is 2.16. The Bertz CT molecular complexity index is 322. The minimum atomic E-state index is 0.618. The average Bonchev–Trinajstić information content (AvgIpc) is 2.32. The van der Waals surface area contributed by atoms with Gasteiger partial charge in [0.25, 0.3) is 0 Å². The second-order valence-corrected chi connectivity index (χ2v) is 3.66. The van der Waals surface area contributed by atoms with Crippen molar-refractivity contribution in [2.75, 3.05) is 0 Å². The molecule has 1 aromatic carbocycles. The lowest BCUT2D eigenvalue weighted by atomic mass is 10.1. The Morgan fingerprint density at radius 1 is 1.45 bits per heavy atom. The van der Waals surface area contributed by atoms with Crippen molar-refractivity contribution in [3.05, 3.63) is 33.8 Å². The first-order valence-corrected chi connectivity index (χ1v) is 4.43. The summed E-state index contributed by atoms with van der Waals surface area (Å²) in [4.78, 5) is 0. The lowest BCUT2D eigenvalue weighted by Crippen LogP contribution is -1.90. The molecular formula is C8H5BrOS. The predicted molar refractivity (Wildman–Crippen MR) is 50.6 cm³/mol. The number of benzene rings is 1. The first-order chi connectivity index (χ1) is 5.27. The molecule has 11 heavy (non-hydrogen) atoms. The van der Waals surface area contributed by atoms with Gasteiger partial charge in [-0.2, -0.15) is 0 Å². The Morgan fingerprint density at radius 2 is 2.27 bits per heavy atom. The molecule has 0 radical (unpaired) electrons. The van der Waals surface area contributed by atoms with Crippen molar-refractivity contribution in [2.24, 2.45) is 0 Å². The summed E-state index contributed by atoms with van der Waals surface area (Å²) in [6, 6.07) is 5.99. The van der Waals surface area contributed by atoms with Crippen molar-refractivity contribution in [3.63, 3.8) is 0 Å². The van der Waals surface area contributed by atoms with Crippen molar-refractivity contribution < 1.29 is 4.74 Å². The highest BCUT2D eigenvalue weighted by atomic mass is 79.9. The summed E-state index contributed by atoms with van der Waals surface area (Å²) in [5, 5.41) is 0.618. The minimum Gasteiger partial charge on any atom is -0.478 e. The first-order valence-electron chi connectivity index (χ1n) is 3.23. The van der Waals surface area contributed by atoms with Gasteiger partial charge in [0.1, 0.15) is 6.61 Å². The van der Waals surface area contributed by atoms with Crippen LogP contribution in [-0.4, -0.2) is 5.05 Å². The Labute approximate surface area is 78.5 Å². The fourth-order valence-electron chi connectivity index (χ4n) is 1.10. The first kappa shape index (κ1) is 7.25. The zero-order chi connectivity index (χ0) is 7.84. The van der Waals surface area contributed by atoms with Crippen LogP contribution >= 0.6 is 28.1 Å². The largest absolute Gasteiger partial charge is 0.478 e. The summed E-state index contributed by atoms with van der Waals surface area (Å²) in [5.41, 5.74) is 2.23. The topological polar surface area (TPSA) is 9.23 Å². The summed E-state index contributed by atoms with van der Waals surface area (Å²) < 4.78 is 6.26. The van der Waals surface area contributed by atoms with E-state index in [-0.39, 0.29) is 0 Å². The molecule has 0 bridgehead atoms. The second kappa shape index (κ2) is 2.57. The summed E-state index contributed by atoms with van der Waals surface area (Å²) >= 11 is 8.37. The van der Waals surface area contributed by atoms with Crippen LogP contribution in [0.15, 0.2) is 22.7 Å². The van der Waals surface area contributed by atoms with E-state index in [0.29, 0.717) is 11.7 Å². The number of fused-ring (bicyclic) bond motifs is 1. The van der Waals surface area contributed by atoms with Gasteiger partial charge in [-0.05, 0) is 30.4 Å². The van der Waals surface area contributed by atoms with Gasteiger partial charge in [0.15, 0.2) is 5.05 Å². The van der Waals surface area contributed by atoms with Crippen molar-refractivity contribution >= 4 is 33.2 Å². The van der Waals surface area contributed by atoms with E-state index in [2.05, 4.69) is 15.9 Å². The van der Waals surface area contributed by atoms with E-state index in [9.17, 15) is 0 Å². The highest BCUT2D eigenvalue weighted by Crippen LogP contribution is 2.23. The Kier molecular flexibility index (Phi) is 1.69. The number of hydrogen-bond acceptors (Lipinski definition) is 2. The van der Waals surface area contributed by atoms with Crippen LogP contribution < -0.4 is 0 Å². The van der Waals surface area contributed by atoms with Crippen LogP contribution in [0.5, 0.6) is 0 Å². The lowest BCUT2D eigenvalue weighted by molar-refractivity contribution is 0.320. The molecule has 1 aromatic rings. The fraction of sp³-hybridized carbons (Fsp3) is 0.125. The third-order valence-electron chi connectivity index (χ3n) is 1.65. The van der Waals surface area contributed by atoms with Crippen LogP contribution in [0.2, 0.25) is 0 Å². The van der Waals surface area contributed by atoms with Gasteiger partial charge in [0.05, 0.1) is 0 Å². The average molecular weight is 229 g/mol. The normalized spacial score (nSPS) is 14.5. The molecule has 1 heterocycles. The van der Waals surface area contributed by atoms with E-state index >= 15 is 0 Å². The summed E-state index contributed by atoms with van der Waals surface area (Å²) in [6.07, 6.45) is 0. The maximum Gasteiger partial charge on any atom is 0.191 e. The molecular weight excluding hydrogens is 224 g/mol. The van der Waals surface area contributed by atoms with Crippen LogP contribution in [0.3, 0.4) is 0 Å². The van der Waals surface area contributed by atoms with Crippen LogP contribution in [0.25, 0.3) is 0 Å². The third-order valence-corrected chi connectivity index (χ3v) is 2.48. The highest BCUT2D eigenvalue weighted by molar-refractivity contribution is 9.10. The van der Waals surface area contributed by atoms with E-state index in [0.717, 1.165) is 10.0 Å². The van der Waals surface area contributed by atoms with Gasteiger partial charge >= 0.3 is 0 Å². The number of thiocarbonyl (C=S) groups is 1. The fourth-order valence-corrected chi connectivity index (χ4v) is 1.77. The number of rotatable bonds is 0. The van der Waals surface area contributed by atoms with Crippen LogP contribution in [-0.2, 0) is 11.3 Å². The molecule has 1 aliphatic rings. The van der Waals surface area contributed by atoms with E-state index in [1.54, 1.807) is 0 Å². The van der Waals surface area contributed by atoms with Crippen LogP contribution in [0, 0.1) is 0 Å². The maximum atomic E-state index is 5.19. The number of halogens is 1. The molecule has 0 fully saturated rings. The molecule has 0 aromatic heterocycles. The van der Waals surface area contributed by atoms with Crippen molar-refractivity contribution in [3.8, 4) is 0 Å².